The van der Waals surface area contributed by atoms with E-state index >= 15 is 0 Å². The molecule has 5 nitrogen and oxygen atoms in total. The lowest BCUT2D eigenvalue weighted by atomic mass is 9.93. The summed E-state index contributed by atoms with van der Waals surface area (Å²) in [6.45, 7) is 5.24. The number of amides is 2. The Balaban J connectivity index is 1.84. The normalized spacial score (nSPS) is 18.1. The van der Waals surface area contributed by atoms with Gasteiger partial charge in [0.1, 0.15) is 0 Å². The van der Waals surface area contributed by atoms with Crippen LogP contribution in [0.4, 0.5) is 5.69 Å². The van der Waals surface area contributed by atoms with Crippen LogP contribution in [0.3, 0.4) is 0 Å². The molecule has 132 valence electrons. The van der Waals surface area contributed by atoms with E-state index in [2.05, 4.69) is 21.2 Å². The van der Waals surface area contributed by atoms with Crippen molar-refractivity contribution in [1.29, 1.82) is 0 Å². The third-order valence-corrected chi connectivity index (χ3v) is 5.36. The van der Waals surface area contributed by atoms with Crippen LogP contribution >= 0.6 is 15.9 Å². The molecule has 2 atom stereocenters. The van der Waals surface area contributed by atoms with E-state index in [9.17, 15) is 9.59 Å². The number of halogens is 1. The fourth-order valence-electron chi connectivity index (χ4n) is 2.85. The molecule has 0 saturated carbocycles. The van der Waals surface area contributed by atoms with Gasteiger partial charge in [-0.05, 0) is 43.0 Å². The van der Waals surface area contributed by atoms with Crippen LogP contribution < -0.4 is 11.1 Å². The molecule has 1 aromatic rings. The smallest absolute Gasteiger partial charge is 0.239 e. The Kier molecular flexibility index (Phi) is 6.80. The molecule has 6 heteroatoms. The summed E-state index contributed by atoms with van der Waals surface area (Å²) >= 11 is 3.37. The molecule has 1 aliphatic heterocycles. The largest absolute Gasteiger partial charge is 0.341 e. The second-order valence-electron chi connectivity index (χ2n) is 6.51. The van der Waals surface area contributed by atoms with Crippen LogP contribution in [0.25, 0.3) is 0 Å². The first-order valence-electron chi connectivity index (χ1n) is 8.53. The Bertz CT molecular complexity index is 568. The van der Waals surface area contributed by atoms with Gasteiger partial charge in [0, 0.05) is 29.2 Å². The molecule has 1 aliphatic rings. The van der Waals surface area contributed by atoms with Gasteiger partial charge in [-0.25, -0.2) is 0 Å². The molecule has 0 radical (unpaired) electrons. The summed E-state index contributed by atoms with van der Waals surface area (Å²) in [7, 11) is 0. The summed E-state index contributed by atoms with van der Waals surface area (Å²) < 4.78 is 0.977. The fourth-order valence-corrected chi connectivity index (χ4v) is 3.11. The molecule has 2 unspecified atom stereocenters. The van der Waals surface area contributed by atoms with E-state index in [1.165, 1.54) is 0 Å². The van der Waals surface area contributed by atoms with Crippen molar-refractivity contribution < 1.29 is 9.59 Å². The minimum atomic E-state index is -0.442. The Morgan fingerprint density at radius 2 is 1.88 bits per heavy atom. The maximum absolute atomic E-state index is 12.4. The van der Waals surface area contributed by atoms with Crippen LogP contribution in [0, 0.1) is 11.8 Å². The molecule has 1 aromatic carbocycles. The van der Waals surface area contributed by atoms with E-state index in [-0.39, 0.29) is 23.7 Å². The molecule has 1 saturated heterocycles. The predicted octanol–water partition coefficient (Wildman–Crippen LogP) is 3.00. The van der Waals surface area contributed by atoms with Crippen molar-refractivity contribution in [2.24, 2.45) is 17.6 Å². The lowest BCUT2D eigenvalue weighted by Gasteiger charge is -2.34. The zero-order valence-corrected chi connectivity index (χ0v) is 15.9. The number of likely N-dealkylation sites (tertiary alicyclic amines) is 1. The van der Waals surface area contributed by atoms with E-state index in [0.29, 0.717) is 25.9 Å². The summed E-state index contributed by atoms with van der Waals surface area (Å²) in [5.41, 5.74) is 6.83. The lowest BCUT2D eigenvalue weighted by Crippen LogP contribution is -2.50. The zero-order chi connectivity index (χ0) is 17.7. The number of anilines is 1. The standard InChI is InChI=1S/C18H26BrN3O2/c1-3-12(2)16(20)18(24)22-10-8-13(9-11-22)17(23)21-15-6-4-14(19)5-7-15/h4-7,12-13,16H,3,8-11,20H2,1-2H3,(H,21,23). The summed E-state index contributed by atoms with van der Waals surface area (Å²) in [5.74, 6) is 0.153. The molecule has 24 heavy (non-hydrogen) atoms. The topological polar surface area (TPSA) is 75.4 Å². The van der Waals surface area contributed by atoms with Gasteiger partial charge < -0.3 is 16.0 Å². The van der Waals surface area contributed by atoms with E-state index in [1.807, 2.05) is 38.1 Å². The van der Waals surface area contributed by atoms with Crippen LogP contribution in [0.15, 0.2) is 28.7 Å². The monoisotopic (exact) mass is 395 g/mol. The summed E-state index contributed by atoms with van der Waals surface area (Å²) in [6.07, 6.45) is 2.25. The third kappa shape index (κ3) is 4.80. The van der Waals surface area contributed by atoms with Crippen molar-refractivity contribution in [1.82, 2.24) is 4.90 Å². The zero-order valence-electron chi connectivity index (χ0n) is 14.3. The minimum absolute atomic E-state index is 0.0103. The van der Waals surface area contributed by atoms with Crippen molar-refractivity contribution in [2.45, 2.75) is 39.2 Å². The molecule has 0 bridgehead atoms. The molecule has 2 rings (SSSR count). The minimum Gasteiger partial charge on any atom is -0.341 e. The van der Waals surface area contributed by atoms with Crippen molar-refractivity contribution in [2.75, 3.05) is 18.4 Å². The van der Waals surface area contributed by atoms with Crippen LogP contribution in [0.2, 0.25) is 0 Å². The van der Waals surface area contributed by atoms with Gasteiger partial charge in [0.15, 0.2) is 0 Å². The second kappa shape index (κ2) is 8.62. The number of carbonyl (C=O) groups is 2. The first kappa shape index (κ1) is 18.9. The number of rotatable bonds is 5. The van der Waals surface area contributed by atoms with E-state index in [1.54, 1.807) is 4.90 Å². The molecule has 1 heterocycles. The second-order valence-corrected chi connectivity index (χ2v) is 7.42. The molecule has 1 fully saturated rings. The molecule has 2 amide bonds. The van der Waals surface area contributed by atoms with Crippen LogP contribution in [-0.4, -0.2) is 35.8 Å². The quantitative estimate of drug-likeness (QED) is 0.804. The average Bonchev–Trinajstić information content (AvgIpc) is 2.61. The van der Waals surface area contributed by atoms with Gasteiger partial charge in [-0.2, -0.15) is 0 Å². The Morgan fingerprint density at radius 3 is 2.42 bits per heavy atom. The van der Waals surface area contributed by atoms with Crippen LogP contribution in [-0.2, 0) is 9.59 Å². The number of nitrogens with zero attached hydrogens (tertiary/aromatic N) is 1. The van der Waals surface area contributed by atoms with Gasteiger partial charge in [-0.15, -0.1) is 0 Å². The van der Waals surface area contributed by atoms with Gasteiger partial charge in [0.05, 0.1) is 6.04 Å². The summed E-state index contributed by atoms with van der Waals surface area (Å²) in [5, 5.41) is 2.95. The van der Waals surface area contributed by atoms with Crippen molar-refractivity contribution in [3.05, 3.63) is 28.7 Å². The molecule has 0 spiro atoms. The fraction of sp³-hybridized carbons (Fsp3) is 0.556. The first-order chi connectivity index (χ1) is 11.4. The average molecular weight is 396 g/mol. The highest BCUT2D eigenvalue weighted by Gasteiger charge is 2.31. The number of hydrogen-bond donors (Lipinski definition) is 2. The Labute approximate surface area is 152 Å². The van der Waals surface area contributed by atoms with Crippen LogP contribution in [0.5, 0.6) is 0 Å². The number of hydrogen-bond acceptors (Lipinski definition) is 3. The Morgan fingerprint density at radius 1 is 1.29 bits per heavy atom. The highest BCUT2D eigenvalue weighted by Crippen LogP contribution is 2.22. The van der Waals surface area contributed by atoms with Gasteiger partial charge in [0.2, 0.25) is 11.8 Å². The first-order valence-corrected chi connectivity index (χ1v) is 9.32. The van der Waals surface area contributed by atoms with Gasteiger partial charge in [-0.1, -0.05) is 36.2 Å². The maximum atomic E-state index is 12.4. The molecular formula is C18H26BrN3O2. The van der Waals surface area contributed by atoms with Gasteiger partial charge in [-0.3, -0.25) is 9.59 Å². The van der Waals surface area contributed by atoms with Crippen molar-refractivity contribution >= 4 is 33.4 Å². The number of benzene rings is 1. The van der Waals surface area contributed by atoms with E-state index < -0.39 is 6.04 Å². The maximum Gasteiger partial charge on any atom is 0.239 e. The van der Waals surface area contributed by atoms with E-state index in [4.69, 9.17) is 5.73 Å². The van der Waals surface area contributed by atoms with Crippen molar-refractivity contribution in [3.8, 4) is 0 Å². The van der Waals surface area contributed by atoms with Crippen molar-refractivity contribution in [3.63, 3.8) is 0 Å². The predicted molar refractivity (Wildman–Crippen MR) is 99.5 cm³/mol. The van der Waals surface area contributed by atoms with Gasteiger partial charge in [0.25, 0.3) is 0 Å². The molecule has 3 N–H and O–H groups in total. The number of nitrogens with two attached hydrogens (primary N) is 1. The third-order valence-electron chi connectivity index (χ3n) is 4.83. The molecule has 0 aromatic heterocycles. The SMILES string of the molecule is CCC(C)C(N)C(=O)N1CCC(C(=O)Nc2ccc(Br)cc2)CC1. The number of carbonyl (C=O) groups excluding carboxylic acids is 2. The number of piperidine rings is 1. The highest BCUT2D eigenvalue weighted by molar-refractivity contribution is 9.10. The Hall–Kier alpha value is -1.40. The molecular weight excluding hydrogens is 370 g/mol. The van der Waals surface area contributed by atoms with E-state index in [0.717, 1.165) is 16.6 Å². The summed E-state index contributed by atoms with van der Waals surface area (Å²) in [6, 6.07) is 7.08. The lowest BCUT2D eigenvalue weighted by molar-refractivity contribution is -0.136. The molecule has 0 aliphatic carbocycles. The highest BCUT2D eigenvalue weighted by atomic mass is 79.9. The van der Waals surface area contributed by atoms with Crippen LogP contribution in [0.1, 0.15) is 33.1 Å². The summed E-state index contributed by atoms with van der Waals surface area (Å²) in [4.78, 5) is 26.6. The van der Waals surface area contributed by atoms with Gasteiger partial charge >= 0.3 is 0 Å². The number of nitrogens with one attached hydrogen (secondary N) is 1.